The second kappa shape index (κ2) is 11.3. The van der Waals surface area contributed by atoms with Gasteiger partial charge < -0.3 is 20.7 Å². The van der Waals surface area contributed by atoms with Crippen molar-refractivity contribution in [2.24, 2.45) is 5.73 Å². The maximum Gasteiger partial charge on any atom is 0.387 e. The highest BCUT2D eigenvalue weighted by Gasteiger charge is 2.26. The van der Waals surface area contributed by atoms with Crippen LogP contribution in [0.25, 0.3) is 0 Å². The van der Waals surface area contributed by atoms with Gasteiger partial charge in [-0.25, -0.2) is 0 Å². The normalized spacial score (nSPS) is 16.3. The molecule has 1 fully saturated rings. The molecule has 1 unspecified atom stereocenters. The molecule has 3 N–H and O–H groups in total. The number of hydrogen-bond acceptors (Lipinski definition) is 4. The molecule has 1 aliphatic rings. The van der Waals surface area contributed by atoms with E-state index in [4.69, 9.17) is 5.73 Å². The molecule has 1 amide bonds. The monoisotopic (exact) mass is 385 g/mol. The molecule has 138 valence electrons. The highest BCUT2D eigenvalue weighted by molar-refractivity contribution is 5.85. The fourth-order valence-corrected chi connectivity index (χ4v) is 2.57. The van der Waals surface area contributed by atoms with Gasteiger partial charge in [0.15, 0.2) is 0 Å². The zero-order chi connectivity index (χ0) is 15.9. The van der Waals surface area contributed by atoms with E-state index in [2.05, 4.69) is 10.1 Å². The van der Waals surface area contributed by atoms with Crippen LogP contribution in [0.4, 0.5) is 14.5 Å². The van der Waals surface area contributed by atoms with Crippen molar-refractivity contribution in [3.8, 4) is 5.75 Å². The quantitative estimate of drug-likeness (QED) is 0.756. The number of halogens is 4. The van der Waals surface area contributed by atoms with Gasteiger partial charge in [0, 0.05) is 25.6 Å². The molecule has 0 saturated carbocycles. The molecular weight excluding hydrogens is 363 g/mol. The first kappa shape index (κ1) is 22.7. The number of nitrogens with two attached hydrogens (primary N) is 1. The van der Waals surface area contributed by atoms with E-state index >= 15 is 0 Å². The van der Waals surface area contributed by atoms with Crippen LogP contribution in [0.5, 0.6) is 5.75 Å². The minimum absolute atomic E-state index is 0. The summed E-state index contributed by atoms with van der Waals surface area (Å²) in [5, 5.41) is 2.95. The first-order chi connectivity index (χ1) is 10.6. The number of carbonyl (C=O) groups excluding carboxylic acids is 1. The molecular formula is C15H23Cl2F2N3O2. The van der Waals surface area contributed by atoms with E-state index in [0.29, 0.717) is 38.2 Å². The molecule has 1 aromatic rings. The molecule has 0 aliphatic carbocycles. The third-order valence-corrected chi connectivity index (χ3v) is 3.58. The van der Waals surface area contributed by atoms with Crippen LogP contribution in [0.2, 0.25) is 0 Å². The fourth-order valence-electron chi connectivity index (χ4n) is 2.57. The van der Waals surface area contributed by atoms with Gasteiger partial charge in [0.1, 0.15) is 5.75 Å². The van der Waals surface area contributed by atoms with Crippen molar-refractivity contribution in [2.45, 2.75) is 31.9 Å². The van der Waals surface area contributed by atoms with Crippen LogP contribution < -0.4 is 20.7 Å². The van der Waals surface area contributed by atoms with E-state index in [1.54, 1.807) is 18.2 Å². The number of carbonyl (C=O) groups is 1. The SMILES string of the molecule is Cl.Cl.NCCCC(=O)NC1CCN(c2ccccc2OC(F)F)C1. The molecule has 0 radical (unpaired) electrons. The smallest absolute Gasteiger partial charge is 0.387 e. The van der Waals surface area contributed by atoms with E-state index in [9.17, 15) is 13.6 Å². The number of nitrogens with one attached hydrogen (secondary N) is 1. The molecule has 1 aliphatic heterocycles. The fraction of sp³-hybridized carbons (Fsp3) is 0.533. The molecule has 5 nitrogen and oxygen atoms in total. The van der Waals surface area contributed by atoms with Gasteiger partial charge in [-0.15, -0.1) is 24.8 Å². The van der Waals surface area contributed by atoms with Crippen LogP contribution in [0, 0.1) is 0 Å². The lowest BCUT2D eigenvalue weighted by atomic mass is 10.2. The summed E-state index contributed by atoms with van der Waals surface area (Å²) >= 11 is 0. The van der Waals surface area contributed by atoms with Crippen molar-refractivity contribution < 1.29 is 18.3 Å². The van der Waals surface area contributed by atoms with Crippen LogP contribution in [0.15, 0.2) is 24.3 Å². The molecule has 1 aromatic carbocycles. The predicted molar refractivity (Wildman–Crippen MR) is 94.6 cm³/mol. The Kier molecular flexibility index (Phi) is 10.7. The minimum Gasteiger partial charge on any atom is -0.433 e. The highest BCUT2D eigenvalue weighted by atomic mass is 35.5. The summed E-state index contributed by atoms with van der Waals surface area (Å²) in [6.07, 6.45) is 1.85. The zero-order valence-electron chi connectivity index (χ0n) is 13.1. The third kappa shape index (κ3) is 6.67. The zero-order valence-corrected chi connectivity index (χ0v) is 14.8. The van der Waals surface area contributed by atoms with Gasteiger partial charge in [-0.3, -0.25) is 4.79 Å². The average Bonchev–Trinajstić information content (AvgIpc) is 2.93. The first-order valence-corrected chi connectivity index (χ1v) is 7.38. The van der Waals surface area contributed by atoms with E-state index in [-0.39, 0.29) is 42.5 Å². The summed E-state index contributed by atoms with van der Waals surface area (Å²) < 4.78 is 29.4. The van der Waals surface area contributed by atoms with E-state index in [1.165, 1.54) is 6.07 Å². The van der Waals surface area contributed by atoms with E-state index in [0.717, 1.165) is 6.42 Å². The Morgan fingerprint density at radius 1 is 1.38 bits per heavy atom. The summed E-state index contributed by atoms with van der Waals surface area (Å²) in [4.78, 5) is 13.7. The van der Waals surface area contributed by atoms with Gasteiger partial charge in [0.05, 0.1) is 5.69 Å². The number of para-hydroxylation sites is 2. The van der Waals surface area contributed by atoms with Gasteiger partial charge in [-0.2, -0.15) is 8.78 Å². The molecule has 0 bridgehead atoms. The standard InChI is InChI=1S/C15H21F2N3O2.2ClH/c16-15(17)22-13-5-2-1-4-12(13)20-9-7-11(10-20)19-14(21)6-3-8-18;;/h1-2,4-5,11,15H,3,6-10,18H2,(H,19,21);2*1H. The van der Waals surface area contributed by atoms with Gasteiger partial charge in [0.2, 0.25) is 5.91 Å². The van der Waals surface area contributed by atoms with Crippen LogP contribution in [-0.2, 0) is 4.79 Å². The van der Waals surface area contributed by atoms with Gasteiger partial charge in [0.25, 0.3) is 0 Å². The summed E-state index contributed by atoms with van der Waals surface area (Å²) in [7, 11) is 0. The van der Waals surface area contributed by atoms with Crippen LogP contribution in [0.3, 0.4) is 0 Å². The summed E-state index contributed by atoms with van der Waals surface area (Å²) in [6, 6.07) is 6.72. The van der Waals surface area contributed by atoms with Crippen molar-refractivity contribution in [1.29, 1.82) is 0 Å². The summed E-state index contributed by atoms with van der Waals surface area (Å²) in [6.45, 7) is -1.10. The number of rotatable bonds is 7. The highest BCUT2D eigenvalue weighted by Crippen LogP contribution is 2.31. The van der Waals surface area contributed by atoms with Gasteiger partial charge in [-0.1, -0.05) is 12.1 Å². The Balaban J connectivity index is 0.00000264. The molecule has 1 atom stereocenters. The lowest BCUT2D eigenvalue weighted by Gasteiger charge is -2.22. The van der Waals surface area contributed by atoms with Crippen molar-refractivity contribution in [2.75, 3.05) is 24.5 Å². The van der Waals surface area contributed by atoms with Crippen molar-refractivity contribution in [3.05, 3.63) is 24.3 Å². The molecule has 1 saturated heterocycles. The van der Waals surface area contributed by atoms with E-state index < -0.39 is 6.61 Å². The number of nitrogens with zero attached hydrogens (tertiary/aromatic N) is 1. The van der Waals surface area contributed by atoms with Crippen molar-refractivity contribution in [1.82, 2.24) is 5.32 Å². The van der Waals surface area contributed by atoms with Crippen LogP contribution in [0.1, 0.15) is 19.3 Å². The van der Waals surface area contributed by atoms with Gasteiger partial charge in [-0.05, 0) is 31.5 Å². The Morgan fingerprint density at radius 3 is 2.75 bits per heavy atom. The topological polar surface area (TPSA) is 67.6 Å². The molecule has 2 rings (SSSR count). The number of amides is 1. The lowest BCUT2D eigenvalue weighted by Crippen LogP contribution is -2.37. The van der Waals surface area contributed by atoms with E-state index in [1.807, 2.05) is 4.90 Å². The summed E-state index contributed by atoms with van der Waals surface area (Å²) in [5.74, 6) is 0.141. The van der Waals surface area contributed by atoms with Crippen LogP contribution >= 0.6 is 24.8 Å². The minimum atomic E-state index is -2.85. The maximum absolute atomic E-state index is 12.4. The third-order valence-electron chi connectivity index (χ3n) is 3.58. The summed E-state index contributed by atoms with van der Waals surface area (Å²) in [5.41, 5.74) is 6.00. The average molecular weight is 386 g/mol. The molecule has 0 spiro atoms. The number of hydrogen-bond donors (Lipinski definition) is 2. The molecule has 0 aromatic heterocycles. The Labute approximate surface area is 152 Å². The van der Waals surface area contributed by atoms with Crippen LogP contribution in [-0.4, -0.2) is 38.2 Å². The number of benzene rings is 1. The number of alkyl halides is 2. The maximum atomic E-state index is 12.4. The van der Waals surface area contributed by atoms with Gasteiger partial charge >= 0.3 is 6.61 Å². The van der Waals surface area contributed by atoms with Crippen molar-refractivity contribution in [3.63, 3.8) is 0 Å². The number of anilines is 1. The lowest BCUT2D eigenvalue weighted by molar-refractivity contribution is -0.121. The Bertz CT molecular complexity index is 509. The second-order valence-electron chi connectivity index (χ2n) is 5.24. The Hall–Kier alpha value is -1.31. The number of ether oxygens (including phenoxy) is 1. The second-order valence-corrected chi connectivity index (χ2v) is 5.24. The Morgan fingerprint density at radius 2 is 2.08 bits per heavy atom. The molecule has 24 heavy (non-hydrogen) atoms. The van der Waals surface area contributed by atoms with Crippen molar-refractivity contribution >= 4 is 36.4 Å². The molecule has 9 heteroatoms. The first-order valence-electron chi connectivity index (χ1n) is 7.38. The predicted octanol–water partition coefficient (Wildman–Crippen LogP) is 2.57. The largest absolute Gasteiger partial charge is 0.433 e. The molecule has 1 heterocycles.